The van der Waals surface area contributed by atoms with E-state index >= 15 is 0 Å². The van der Waals surface area contributed by atoms with Gasteiger partial charge >= 0.3 is 0 Å². The number of hydrogen-bond acceptors (Lipinski definition) is 5. The van der Waals surface area contributed by atoms with Crippen LogP contribution < -0.4 is 4.74 Å². The van der Waals surface area contributed by atoms with Crippen molar-refractivity contribution in [1.29, 1.82) is 0 Å². The number of nitrogens with zero attached hydrogens (tertiary/aromatic N) is 4. The molecule has 0 unspecified atom stereocenters. The van der Waals surface area contributed by atoms with Crippen molar-refractivity contribution in [2.75, 3.05) is 0 Å². The average Bonchev–Trinajstić information content (AvgIpc) is 3.18. The van der Waals surface area contributed by atoms with Gasteiger partial charge in [0.2, 0.25) is 5.65 Å². The lowest BCUT2D eigenvalue weighted by Gasteiger charge is -2.08. The second-order valence-corrected chi connectivity index (χ2v) is 7.55. The zero-order chi connectivity index (χ0) is 18.6. The zero-order valence-corrected chi connectivity index (χ0v) is 16.4. The highest BCUT2D eigenvalue weighted by Gasteiger charge is 2.12. The Morgan fingerprint density at radius 3 is 2.26 bits per heavy atom. The van der Waals surface area contributed by atoms with Crippen molar-refractivity contribution in [3.8, 4) is 5.88 Å². The standard InChI is InChI=1S/C19H14Cl2N4OS/c20-15-5-1-13(2-6-15)11-26-18-17-22-9-10-25(17)19(24-23-18)27-12-14-3-7-16(21)8-4-14/h1-10H,11-12H2. The highest BCUT2D eigenvalue weighted by atomic mass is 35.5. The largest absolute Gasteiger partial charge is 0.469 e. The maximum absolute atomic E-state index is 5.93. The van der Waals surface area contributed by atoms with Gasteiger partial charge in [0.15, 0.2) is 5.16 Å². The van der Waals surface area contributed by atoms with Gasteiger partial charge in [0.1, 0.15) is 6.61 Å². The fourth-order valence-corrected chi connectivity index (χ4v) is 3.57. The van der Waals surface area contributed by atoms with E-state index in [0.717, 1.165) is 27.1 Å². The molecule has 0 fully saturated rings. The third kappa shape index (κ3) is 4.35. The van der Waals surface area contributed by atoms with Crippen molar-refractivity contribution in [3.05, 3.63) is 82.1 Å². The molecule has 2 aromatic carbocycles. The van der Waals surface area contributed by atoms with Gasteiger partial charge in [-0.1, -0.05) is 59.2 Å². The Bertz CT molecular complexity index is 968. The Morgan fingerprint density at radius 2 is 1.56 bits per heavy atom. The summed E-state index contributed by atoms with van der Waals surface area (Å²) >= 11 is 13.4. The lowest BCUT2D eigenvalue weighted by Crippen LogP contribution is -2.04. The highest BCUT2D eigenvalue weighted by Crippen LogP contribution is 2.25. The molecular formula is C19H14Cl2N4OS. The molecule has 4 aromatic rings. The maximum atomic E-state index is 5.93. The molecule has 0 N–H and O–H groups in total. The van der Waals surface area contributed by atoms with Gasteiger partial charge in [-0.3, -0.25) is 4.40 Å². The fourth-order valence-electron chi connectivity index (χ4n) is 2.45. The van der Waals surface area contributed by atoms with Crippen LogP contribution in [0.5, 0.6) is 5.88 Å². The van der Waals surface area contributed by atoms with Crippen LogP contribution in [0.2, 0.25) is 10.0 Å². The van der Waals surface area contributed by atoms with E-state index in [9.17, 15) is 0 Å². The summed E-state index contributed by atoms with van der Waals surface area (Å²) in [5, 5.41) is 10.7. The third-order valence-corrected chi connectivity index (χ3v) is 5.35. The van der Waals surface area contributed by atoms with E-state index in [2.05, 4.69) is 15.2 Å². The molecule has 2 aromatic heterocycles. The molecule has 0 aliphatic heterocycles. The topological polar surface area (TPSA) is 52.3 Å². The molecule has 0 aliphatic carbocycles. The molecule has 4 rings (SSSR count). The number of thioether (sulfide) groups is 1. The predicted octanol–water partition coefficient (Wildman–Crippen LogP) is 5.30. The molecule has 136 valence electrons. The first kappa shape index (κ1) is 18.1. The fraction of sp³-hybridized carbons (Fsp3) is 0.105. The molecule has 0 aliphatic rings. The summed E-state index contributed by atoms with van der Waals surface area (Å²) in [5.74, 6) is 1.15. The number of rotatable bonds is 6. The quantitative estimate of drug-likeness (QED) is 0.399. The van der Waals surface area contributed by atoms with Crippen molar-refractivity contribution in [2.24, 2.45) is 0 Å². The van der Waals surface area contributed by atoms with Crippen LogP contribution >= 0.6 is 35.0 Å². The summed E-state index contributed by atoms with van der Waals surface area (Å²) < 4.78 is 7.69. The molecule has 5 nitrogen and oxygen atoms in total. The molecule has 0 saturated heterocycles. The zero-order valence-electron chi connectivity index (χ0n) is 14.0. The van der Waals surface area contributed by atoms with Gasteiger partial charge in [0.25, 0.3) is 5.88 Å². The summed E-state index contributed by atoms with van der Waals surface area (Å²) in [4.78, 5) is 4.36. The Kier molecular flexibility index (Phi) is 5.48. The van der Waals surface area contributed by atoms with Crippen LogP contribution in [0.25, 0.3) is 5.65 Å². The van der Waals surface area contributed by atoms with E-state index in [4.69, 9.17) is 27.9 Å². The van der Waals surface area contributed by atoms with E-state index in [-0.39, 0.29) is 0 Å². The van der Waals surface area contributed by atoms with Gasteiger partial charge in [-0.15, -0.1) is 10.2 Å². The van der Waals surface area contributed by atoms with E-state index < -0.39 is 0 Å². The van der Waals surface area contributed by atoms with Crippen molar-refractivity contribution < 1.29 is 4.74 Å². The lowest BCUT2D eigenvalue weighted by atomic mass is 10.2. The summed E-state index contributed by atoms with van der Waals surface area (Å²) in [6.07, 6.45) is 3.56. The first-order valence-electron chi connectivity index (χ1n) is 8.13. The molecule has 2 heterocycles. The first-order valence-corrected chi connectivity index (χ1v) is 9.87. The van der Waals surface area contributed by atoms with Crippen LogP contribution in [-0.2, 0) is 12.4 Å². The summed E-state index contributed by atoms with van der Waals surface area (Å²) in [6, 6.07) is 15.2. The highest BCUT2D eigenvalue weighted by molar-refractivity contribution is 7.98. The Morgan fingerprint density at radius 1 is 0.889 bits per heavy atom. The number of halogens is 2. The Hall–Kier alpha value is -2.28. The van der Waals surface area contributed by atoms with Gasteiger partial charge in [-0.05, 0) is 35.4 Å². The minimum Gasteiger partial charge on any atom is -0.469 e. The second kappa shape index (κ2) is 8.17. The lowest BCUT2D eigenvalue weighted by molar-refractivity contribution is 0.290. The summed E-state index contributed by atoms with van der Waals surface area (Å²) in [7, 11) is 0. The molecule has 0 saturated carbocycles. The SMILES string of the molecule is Clc1ccc(COc2nnc(SCc3ccc(Cl)cc3)n3ccnc23)cc1. The van der Waals surface area contributed by atoms with Gasteiger partial charge in [-0.25, -0.2) is 4.98 Å². The van der Waals surface area contributed by atoms with E-state index in [1.54, 1.807) is 18.0 Å². The number of ether oxygens (including phenoxy) is 1. The van der Waals surface area contributed by atoms with E-state index in [1.165, 1.54) is 0 Å². The van der Waals surface area contributed by atoms with Crippen LogP contribution in [0.4, 0.5) is 0 Å². The van der Waals surface area contributed by atoms with Gasteiger partial charge in [0.05, 0.1) is 0 Å². The number of benzene rings is 2. The normalized spacial score (nSPS) is 11.0. The molecule has 8 heteroatoms. The van der Waals surface area contributed by atoms with Gasteiger partial charge < -0.3 is 4.74 Å². The summed E-state index contributed by atoms with van der Waals surface area (Å²) in [5.41, 5.74) is 2.78. The molecular weight excluding hydrogens is 403 g/mol. The van der Waals surface area contributed by atoms with E-state index in [1.807, 2.05) is 59.1 Å². The Balaban J connectivity index is 1.49. The number of imidazole rings is 1. The van der Waals surface area contributed by atoms with Crippen LogP contribution in [0.3, 0.4) is 0 Å². The molecule has 0 atom stereocenters. The molecule has 0 bridgehead atoms. The minimum absolute atomic E-state index is 0.367. The maximum Gasteiger partial charge on any atom is 0.278 e. The van der Waals surface area contributed by atoms with Gasteiger partial charge in [-0.2, -0.15) is 0 Å². The smallest absolute Gasteiger partial charge is 0.278 e. The average molecular weight is 417 g/mol. The van der Waals surface area contributed by atoms with Crippen LogP contribution in [-0.4, -0.2) is 19.6 Å². The van der Waals surface area contributed by atoms with Crippen LogP contribution in [0, 0.1) is 0 Å². The number of aromatic nitrogens is 4. The first-order chi connectivity index (χ1) is 13.2. The van der Waals surface area contributed by atoms with E-state index in [0.29, 0.717) is 23.2 Å². The second-order valence-electron chi connectivity index (χ2n) is 5.74. The molecule has 27 heavy (non-hydrogen) atoms. The van der Waals surface area contributed by atoms with Gasteiger partial charge in [0, 0.05) is 28.2 Å². The number of fused-ring (bicyclic) bond motifs is 1. The molecule has 0 spiro atoms. The number of hydrogen-bond donors (Lipinski definition) is 0. The monoisotopic (exact) mass is 416 g/mol. The van der Waals surface area contributed by atoms with Crippen molar-refractivity contribution in [2.45, 2.75) is 17.5 Å². The predicted molar refractivity (Wildman–Crippen MR) is 108 cm³/mol. The minimum atomic E-state index is 0.367. The molecule has 0 amide bonds. The van der Waals surface area contributed by atoms with Crippen molar-refractivity contribution in [1.82, 2.24) is 19.6 Å². The van der Waals surface area contributed by atoms with Crippen LogP contribution in [0.15, 0.2) is 66.1 Å². The van der Waals surface area contributed by atoms with Crippen molar-refractivity contribution >= 4 is 40.6 Å². The summed E-state index contributed by atoms with van der Waals surface area (Å²) in [6.45, 7) is 0.367. The molecule has 0 radical (unpaired) electrons. The van der Waals surface area contributed by atoms with Crippen LogP contribution in [0.1, 0.15) is 11.1 Å². The Labute approximate surface area is 170 Å². The third-order valence-electron chi connectivity index (χ3n) is 3.83. The van der Waals surface area contributed by atoms with Crippen molar-refractivity contribution in [3.63, 3.8) is 0 Å².